The Morgan fingerprint density at radius 2 is 1.09 bits per heavy atom. The SMILES string of the molecule is CCSC(=O)CC(c1ccc(OCc2ccc3ccccc3n2)cc1)c1ccc(OCc2ccc3ccccc3n2)cc1. The van der Waals surface area contributed by atoms with Gasteiger partial charge in [-0.3, -0.25) is 4.79 Å². The summed E-state index contributed by atoms with van der Waals surface area (Å²) in [5, 5.41) is 2.40. The normalized spacial score (nSPS) is 11.2. The van der Waals surface area contributed by atoms with Crippen molar-refractivity contribution < 1.29 is 14.3 Å². The molecule has 2 heterocycles. The third-order valence-corrected chi connectivity index (χ3v) is 8.10. The van der Waals surface area contributed by atoms with Gasteiger partial charge in [0, 0.05) is 23.1 Å². The summed E-state index contributed by atoms with van der Waals surface area (Å²) in [4.78, 5) is 22.1. The quantitative estimate of drug-likeness (QED) is 0.152. The van der Waals surface area contributed by atoms with Gasteiger partial charge in [-0.25, -0.2) is 9.97 Å². The third kappa shape index (κ3) is 7.22. The number of para-hydroxylation sites is 2. The molecule has 2 aromatic heterocycles. The Kier molecular flexibility index (Phi) is 8.95. The average molecular weight is 585 g/mol. The number of hydrogen-bond acceptors (Lipinski definition) is 6. The summed E-state index contributed by atoms with van der Waals surface area (Å²) in [6.45, 7) is 2.77. The van der Waals surface area contributed by atoms with Crippen molar-refractivity contribution in [2.24, 2.45) is 0 Å². The predicted molar refractivity (Wildman–Crippen MR) is 175 cm³/mol. The van der Waals surface area contributed by atoms with E-state index < -0.39 is 0 Å². The molecule has 4 aromatic carbocycles. The number of rotatable bonds is 11. The molecular weight excluding hydrogens is 552 g/mol. The lowest BCUT2D eigenvalue weighted by molar-refractivity contribution is -0.111. The highest BCUT2D eigenvalue weighted by molar-refractivity contribution is 8.13. The summed E-state index contributed by atoms with van der Waals surface area (Å²) in [7, 11) is 0. The summed E-state index contributed by atoms with van der Waals surface area (Å²) in [5.74, 6) is 2.21. The Morgan fingerprint density at radius 3 is 1.56 bits per heavy atom. The molecule has 0 aliphatic carbocycles. The number of benzene rings is 4. The predicted octanol–water partition coefficient (Wildman–Crippen LogP) is 8.74. The van der Waals surface area contributed by atoms with Crippen LogP contribution in [0.4, 0.5) is 0 Å². The standard InChI is InChI=1S/C37H32N2O3S/c1-2-43-37(40)23-34(26-13-19-32(20-14-26)41-24-30-17-11-28-7-3-5-9-35(28)38-30)27-15-21-33(22-16-27)42-25-31-18-12-29-8-4-6-10-36(29)39-31/h3-22,34H,2,23-25H2,1H3. The van der Waals surface area contributed by atoms with Crippen LogP contribution in [0.3, 0.4) is 0 Å². The molecular formula is C37H32N2O3S. The Bertz CT molecular complexity index is 1710. The first-order valence-corrected chi connectivity index (χ1v) is 15.4. The van der Waals surface area contributed by atoms with Crippen molar-refractivity contribution in [3.8, 4) is 11.5 Å². The van der Waals surface area contributed by atoms with Crippen LogP contribution >= 0.6 is 11.8 Å². The molecule has 0 bridgehead atoms. The lowest BCUT2D eigenvalue weighted by atomic mass is 9.89. The van der Waals surface area contributed by atoms with Gasteiger partial charge in [0.05, 0.1) is 22.4 Å². The van der Waals surface area contributed by atoms with Crippen molar-refractivity contribution in [2.75, 3.05) is 5.75 Å². The van der Waals surface area contributed by atoms with E-state index in [9.17, 15) is 4.79 Å². The van der Waals surface area contributed by atoms with Gasteiger partial charge < -0.3 is 9.47 Å². The van der Waals surface area contributed by atoms with E-state index in [1.54, 1.807) is 0 Å². The van der Waals surface area contributed by atoms with Crippen molar-refractivity contribution in [1.29, 1.82) is 0 Å². The molecule has 0 unspecified atom stereocenters. The fraction of sp³-hybridized carbons (Fsp3) is 0.162. The Balaban J connectivity index is 1.13. The summed E-state index contributed by atoms with van der Waals surface area (Å²) >= 11 is 1.37. The second kappa shape index (κ2) is 13.5. The van der Waals surface area contributed by atoms with Crippen LogP contribution in [0, 0.1) is 0 Å². The van der Waals surface area contributed by atoms with Gasteiger partial charge in [0.2, 0.25) is 0 Å². The molecule has 0 fully saturated rings. The van der Waals surface area contributed by atoms with E-state index in [1.165, 1.54) is 11.8 Å². The van der Waals surface area contributed by atoms with Gasteiger partial charge in [-0.2, -0.15) is 0 Å². The molecule has 0 saturated carbocycles. The van der Waals surface area contributed by atoms with Crippen molar-refractivity contribution in [3.05, 3.63) is 144 Å². The van der Waals surface area contributed by atoms with Crippen molar-refractivity contribution >= 4 is 38.7 Å². The average Bonchev–Trinajstić information content (AvgIpc) is 3.06. The number of pyridine rings is 2. The van der Waals surface area contributed by atoms with Crippen LogP contribution in [0.2, 0.25) is 0 Å². The van der Waals surface area contributed by atoms with Gasteiger partial charge in [0.15, 0.2) is 5.12 Å². The molecule has 6 heteroatoms. The van der Waals surface area contributed by atoms with Crippen LogP contribution in [0.25, 0.3) is 21.8 Å². The molecule has 0 radical (unpaired) electrons. The first-order chi connectivity index (χ1) is 21.1. The topological polar surface area (TPSA) is 61.3 Å². The first-order valence-electron chi connectivity index (χ1n) is 14.4. The first kappa shape index (κ1) is 28.4. The fourth-order valence-electron chi connectivity index (χ4n) is 5.10. The lowest BCUT2D eigenvalue weighted by Gasteiger charge is -2.18. The minimum atomic E-state index is -0.0704. The molecule has 0 N–H and O–H groups in total. The van der Waals surface area contributed by atoms with E-state index in [2.05, 4.69) is 24.3 Å². The van der Waals surface area contributed by atoms with E-state index in [4.69, 9.17) is 19.4 Å². The van der Waals surface area contributed by atoms with E-state index in [-0.39, 0.29) is 11.0 Å². The number of thioether (sulfide) groups is 1. The van der Waals surface area contributed by atoms with E-state index in [0.717, 1.165) is 61.6 Å². The zero-order valence-electron chi connectivity index (χ0n) is 24.0. The second-order valence-electron chi connectivity index (χ2n) is 10.3. The molecule has 0 aliphatic heterocycles. The fourth-order valence-corrected chi connectivity index (χ4v) is 5.71. The van der Waals surface area contributed by atoms with Crippen LogP contribution in [-0.4, -0.2) is 20.8 Å². The number of ether oxygens (including phenoxy) is 2. The summed E-state index contributed by atoms with van der Waals surface area (Å²) in [6.07, 6.45) is 0.418. The molecule has 0 amide bonds. The largest absolute Gasteiger partial charge is 0.487 e. The smallest absolute Gasteiger partial charge is 0.189 e. The van der Waals surface area contributed by atoms with Crippen LogP contribution in [-0.2, 0) is 18.0 Å². The van der Waals surface area contributed by atoms with E-state index in [0.29, 0.717) is 19.6 Å². The van der Waals surface area contributed by atoms with E-state index in [1.807, 2.05) is 104 Å². The van der Waals surface area contributed by atoms with Crippen LogP contribution in [0.5, 0.6) is 11.5 Å². The summed E-state index contributed by atoms with van der Waals surface area (Å²) in [5.41, 5.74) is 5.80. The number of nitrogens with zero attached hydrogens (tertiary/aromatic N) is 2. The zero-order valence-corrected chi connectivity index (χ0v) is 24.8. The molecule has 0 atom stereocenters. The van der Waals surface area contributed by atoms with Crippen molar-refractivity contribution in [3.63, 3.8) is 0 Å². The van der Waals surface area contributed by atoms with Gasteiger partial charge in [-0.15, -0.1) is 0 Å². The van der Waals surface area contributed by atoms with Gasteiger partial charge in [-0.1, -0.05) is 91.5 Å². The summed E-state index contributed by atoms with van der Waals surface area (Å²) < 4.78 is 12.1. The number of carbonyl (C=O) groups excluding carboxylic acids is 1. The second-order valence-corrected chi connectivity index (χ2v) is 11.6. The van der Waals surface area contributed by atoms with Crippen LogP contribution in [0.15, 0.2) is 121 Å². The number of fused-ring (bicyclic) bond motifs is 2. The third-order valence-electron chi connectivity index (χ3n) is 7.33. The molecule has 6 rings (SSSR count). The van der Waals surface area contributed by atoms with Crippen LogP contribution in [0.1, 0.15) is 41.8 Å². The molecule has 43 heavy (non-hydrogen) atoms. The Morgan fingerprint density at radius 1 is 0.628 bits per heavy atom. The summed E-state index contributed by atoms with van der Waals surface area (Å²) in [6, 6.07) is 40.3. The lowest BCUT2D eigenvalue weighted by Crippen LogP contribution is -2.07. The van der Waals surface area contributed by atoms with Crippen molar-refractivity contribution in [1.82, 2.24) is 9.97 Å². The highest BCUT2D eigenvalue weighted by Crippen LogP contribution is 2.32. The van der Waals surface area contributed by atoms with Crippen molar-refractivity contribution in [2.45, 2.75) is 32.5 Å². The molecule has 0 aliphatic rings. The van der Waals surface area contributed by atoms with Gasteiger partial charge in [0.25, 0.3) is 0 Å². The zero-order chi connectivity index (χ0) is 29.4. The maximum atomic E-state index is 12.7. The maximum Gasteiger partial charge on any atom is 0.189 e. The highest BCUT2D eigenvalue weighted by atomic mass is 32.2. The molecule has 0 saturated heterocycles. The molecule has 5 nitrogen and oxygen atoms in total. The van der Waals surface area contributed by atoms with Gasteiger partial charge in [0.1, 0.15) is 24.7 Å². The Hall–Kier alpha value is -4.68. The maximum absolute atomic E-state index is 12.7. The highest BCUT2D eigenvalue weighted by Gasteiger charge is 2.19. The van der Waals surface area contributed by atoms with Gasteiger partial charge >= 0.3 is 0 Å². The minimum absolute atomic E-state index is 0.0704. The number of carbonyl (C=O) groups is 1. The molecule has 6 aromatic rings. The van der Waals surface area contributed by atoms with Crippen LogP contribution < -0.4 is 9.47 Å². The minimum Gasteiger partial charge on any atom is -0.487 e. The van der Waals surface area contributed by atoms with E-state index >= 15 is 0 Å². The molecule has 214 valence electrons. The monoisotopic (exact) mass is 584 g/mol. The van der Waals surface area contributed by atoms with Gasteiger partial charge in [-0.05, 0) is 65.4 Å². The number of hydrogen-bond donors (Lipinski definition) is 0. The molecule has 0 spiro atoms. The number of aromatic nitrogens is 2. The Labute approximate surface area is 255 Å².